The number of carbonyl (C=O) groups excluding carboxylic acids is 2. The molecule has 0 aliphatic rings. The third-order valence-electron chi connectivity index (χ3n) is 4.80. The Kier molecular flexibility index (Phi) is 6.57. The summed E-state index contributed by atoms with van der Waals surface area (Å²) in [6, 6.07) is 16.2. The molecule has 6 heteroatoms. The minimum Gasteiger partial charge on any atom is -0.496 e. The topological polar surface area (TPSA) is 66.8 Å². The van der Waals surface area contributed by atoms with Gasteiger partial charge in [0.1, 0.15) is 17.1 Å². The van der Waals surface area contributed by atoms with Crippen LogP contribution in [0, 0.1) is 13.8 Å². The molecule has 156 valence electrons. The second-order valence-electron chi connectivity index (χ2n) is 6.75. The van der Waals surface area contributed by atoms with Crippen molar-refractivity contribution in [2.75, 3.05) is 20.3 Å². The number of hydrogen-bond acceptors (Lipinski definition) is 5. The van der Waals surface area contributed by atoms with Crippen molar-refractivity contribution >= 4 is 11.8 Å². The number of ether oxygens (including phenoxy) is 3. The zero-order valence-electron chi connectivity index (χ0n) is 17.6. The number of methoxy groups -OCH3 is 1. The summed E-state index contributed by atoms with van der Waals surface area (Å²) in [4.78, 5) is 25.1. The monoisotopic (exact) mass is 407 g/mol. The molecule has 1 heterocycles. The second kappa shape index (κ2) is 9.31. The van der Waals surface area contributed by atoms with E-state index in [0.29, 0.717) is 17.9 Å². The molecule has 2 aromatic carbocycles. The first-order valence-corrected chi connectivity index (χ1v) is 9.71. The smallest absolute Gasteiger partial charge is 0.342 e. The number of rotatable bonds is 8. The van der Waals surface area contributed by atoms with E-state index in [1.807, 2.05) is 55.7 Å². The Bertz CT molecular complexity index is 1050. The van der Waals surface area contributed by atoms with Crippen LogP contribution in [0.4, 0.5) is 0 Å². The molecular weight excluding hydrogens is 382 g/mol. The predicted molar refractivity (Wildman–Crippen MR) is 114 cm³/mol. The van der Waals surface area contributed by atoms with Gasteiger partial charge in [-0.15, -0.1) is 0 Å². The molecule has 0 N–H and O–H groups in total. The molecule has 3 rings (SSSR count). The molecule has 0 saturated heterocycles. The minimum atomic E-state index is -0.596. The molecule has 3 aromatic rings. The number of aromatic nitrogens is 1. The molecule has 0 fully saturated rings. The summed E-state index contributed by atoms with van der Waals surface area (Å²) >= 11 is 0. The fourth-order valence-corrected chi connectivity index (χ4v) is 3.40. The van der Waals surface area contributed by atoms with E-state index in [-0.39, 0.29) is 18.0 Å². The fraction of sp³-hybridized carbons (Fsp3) is 0.250. The summed E-state index contributed by atoms with van der Waals surface area (Å²) in [7, 11) is 1.48. The van der Waals surface area contributed by atoms with Crippen LogP contribution >= 0.6 is 0 Å². The van der Waals surface area contributed by atoms with Gasteiger partial charge in [-0.3, -0.25) is 4.79 Å². The van der Waals surface area contributed by atoms with Crippen LogP contribution in [0.3, 0.4) is 0 Å². The number of esters is 1. The van der Waals surface area contributed by atoms with Crippen LogP contribution in [0.5, 0.6) is 11.5 Å². The van der Waals surface area contributed by atoms with Gasteiger partial charge < -0.3 is 18.8 Å². The van der Waals surface area contributed by atoms with Crippen LogP contribution in [-0.4, -0.2) is 36.6 Å². The lowest BCUT2D eigenvalue weighted by Gasteiger charge is -2.11. The largest absolute Gasteiger partial charge is 0.496 e. The zero-order chi connectivity index (χ0) is 21.7. The Balaban J connectivity index is 1.75. The van der Waals surface area contributed by atoms with Gasteiger partial charge in [-0.05, 0) is 63.2 Å². The van der Waals surface area contributed by atoms with Gasteiger partial charge in [0.05, 0.1) is 13.7 Å². The fourth-order valence-electron chi connectivity index (χ4n) is 3.40. The molecule has 0 atom stereocenters. The molecule has 0 saturated carbocycles. The first-order valence-electron chi connectivity index (χ1n) is 9.71. The Morgan fingerprint density at radius 1 is 0.967 bits per heavy atom. The maximum atomic E-state index is 12.8. The van der Waals surface area contributed by atoms with Gasteiger partial charge in [0.2, 0.25) is 5.78 Å². The summed E-state index contributed by atoms with van der Waals surface area (Å²) in [6.07, 6.45) is 0. The molecule has 1 aromatic heterocycles. The highest BCUT2D eigenvalue weighted by atomic mass is 16.5. The lowest BCUT2D eigenvalue weighted by Crippen LogP contribution is -2.15. The van der Waals surface area contributed by atoms with E-state index in [0.717, 1.165) is 22.8 Å². The molecule has 0 bridgehead atoms. The highest BCUT2D eigenvalue weighted by molar-refractivity contribution is 6.01. The predicted octanol–water partition coefficient (Wildman–Crippen LogP) is 4.54. The Labute approximate surface area is 176 Å². The van der Waals surface area contributed by atoms with Crippen molar-refractivity contribution < 1.29 is 23.8 Å². The van der Waals surface area contributed by atoms with Crippen molar-refractivity contribution in [2.24, 2.45) is 0 Å². The van der Waals surface area contributed by atoms with Gasteiger partial charge in [-0.2, -0.15) is 0 Å². The van der Waals surface area contributed by atoms with Crippen molar-refractivity contribution in [3.63, 3.8) is 0 Å². The quantitative estimate of drug-likeness (QED) is 0.405. The summed E-state index contributed by atoms with van der Waals surface area (Å²) in [5, 5.41) is 0. The number of nitrogens with zero attached hydrogens (tertiary/aromatic N) is 1. The number of hydrogen-bond donors (Lipinski definition) is 0. The van der Waals surface area contributed by atoms with Gasteiger partial charge in [0, 0.05) is 22.6 Å². The Hall–Kier alpha value is -3.54. The van der Waals surface area contributed by atoms with Crippen LogP contribution in [0.25, 0.3) is 5.69 Å². The molecule has 6 nitrogen and oxygen atoms in total. The highest BCUT2D eigenvalue weighted by Gasteiger charge is 2.20. The molecule has 0 radical (unpaired) electrons. The third kappa shape index (κ3) is 4.38. The maximum Gasteiger partial charge on any atom is 0.342 e. The first kappa shape index (κ1) is 21.2. The van der Waals surface area contributed by atoms with Gasteiger partial charge >= 0.3 is 5.97 Å². The van der Waals surface area contributed by atoms with Crippen LogP contribution in [-0.2, 0) is 4.74 Å². The normalized spacial score (nSPS) is 10.5. The number of carbonyl (C=O) groups is 2. The SMILES string of the molecule is CCOc1ccc(-n2c(C)cc(C(=O)COC(=O)c3ccccc3OC)c2C)cc1. The van der Waals surface area contributed by atoms with Gasteiger partial charge in [-0.25, -0.2) is 4.79 Å². The van der Waals surface area contributed by atoms with Crippen LogP contribution in [0.15, 0.2) is 54.6 Å². The van der Waals surface area contributed by atoms with Gasteiger partial charge in [0.15, 0.2) is 6.61 Å². The van der Waals surface area contributed by atoms with Gasteiger partial charge in [-0.1, -0.05) is 12.1 Å². The number of para-hydroxylation sites is 1. The van der Waals surface area contributed by atoms with Crippen LogP contribution in [0.1, 0.15) is 39.0 Å². The zero-order valence-corrected chi connectivity index (χ0v) is 17.6. The van der Waals surface area contributed by atoms with E-state index < -0.39 is 5.97 Å². The lowest BCUT2D eigenvalue weighted by molar-refractivity contribution is 0.0471. The number of benzene rings is 2. The maximum absolute atomic E-state index is 12.8. The van der Waals surface area contributed by atoms with Crippen molar-refractivity contribution in [3.05, 3.63) is 77.1 Å². The Morgan fingerprint density at radius 2 is 1.67 bits per heavy atom. The molecular formula is C24H25NO5. The van der Waals surface area contributed by atoms with E-state index in [2.05, 4.69) is 0 Å². The van der Waals surface area contributed by atoms with E-state index >= 15 is 0 Å². The van der Waals surface area contributed by atoms with Gasteiger partial charge in [0.25, 0.3) is 0 Å². The Morgan fingerprint density at radius 3 is 2.33 bits per heavy atom. The molecule has 0 aliphatic heterocycles. The number of ketones is 1. The molecule has 0 aliphatic carbocycles. The van der Waals surface area contributed by atoms with E-state index in [4.69, 9.17) is 14.2 Å². The first-order chi connectivity index (χ1) is 14.5. The van der Waals surface area contributed by atoms with E-state index in [1.54, 1.807) is 24.3 Å². The second-order valence-corrected chi connectivity index (χ2v) is 6.75. The van der Waals surface area contributed by atoms with Crippen molar-refractivity contribution in [1.29, 1.82) is 0 Å². The lowest BCUT2D eigenvalue weighted by atomic mass is 10.1. The van der Waals surface area contributed by atoms with E-state index in [9.17, 15) is 9.59 Å². The van der Waals surface area contributed by atoms with Crippen LogP contribution in [0.2, 0.25) is 0 Å². The van der Waals surface area contributed by atoms with E-state index in [1.165, 1.54) is 7.11 Å². The summed E-state index contributed by atoms with van der Waals surface area (Å²) < 4.78 is 17.9. The molecule has 0 unspecified atom stereocenters. The molecule has 30 heavy (non-hydrogen) atoms. The minimum absolute atomic E-state index is 0.261. The third-order valence-corrected chi connectivity index (χ3v) is 4.80. The van der Waals surface area contributed by atoms with Crippen molar-refractivity contribution in [2.45, 2.75) is 20.8 Å². The summed E-state index contributed by atoms with van der Waals surface area (Å²) in [5.41, 5.74) is 3.44. The molecule has 0 amide bonds. The van der Waals surface area contributed by atoms with Crippen molar-refractivity contribution in [3.8, 4) is 17.2 Å². The summed E-state index contributed by atoms with van der Waals surface area (Å²) in [5.74, 6) is 0.344. The average Bonchev–Trinajstić information content (AvgIpc) is 3.06. The number of Topliss-reactive ketones (excluding diaryl/α,β-unsaturated/α-hetero) is 1. The van der Waals surface area contributed by atoms with Crippen LogP contribution < -0.4 is 9.47 Å². The number of aryl methyl sites for hydroxylation is 1. The standard InChI is InChI=1S/C24H25NO5/c1-5-29-19-12-10-18(11-13-19)25-16(2)14-21(17(25)3)22(26)15-30-24(27)20-8-6-7-9-23(20)28-4/h6-14H,5,15H2,1-4H3. The average molecular weight is 407 g/mol. The van der Waals surface area contributed by atoms with Crippen molar-refractivity contribution in [1.82, 2.24) is 4.57 Å². The summed E-state index contributed by atoms with van der Waals surface area (Å²) in [6.45, 7) is 6.00. The molecule has 0 spiro atoms. The highest BCUT2D eigenvalue weighted by Crippen LogP contribution is 2.24.